The first kappa shape index (κ1) is 10.2. The maximum absolute atomic E-state index is 4.39. The van der Waals surface area contributed by atoms with Crippen LogP contribution in [0.2, 0.25) is 0 Å². The van der Waals surface area contributed by atoms with E-state index in [1.165, 1.54) is 0 Å². The highest BCUT2D eigenvalue weighted by atomic mass is 79.9. The van der Waals surface area contributed by atoms with Gasteiger partial charge in [0.05, 0.1) is 5.52 Å². The number of aromatic amines is 1. The summed E-state index contributed by atoms with van der Waals surface area (Å²) < 4.78 is 1.01. The topological polar surface area (TPSA) is 66.5 Å². The van der Waals surface area contributed by atoms with Gasteiger partial charge in [0.15, 0.2) is 0 Å². The third-order valence-corrected chi connectivity index (χ3v) is 2.76. The fourth-order valence-corrected chi connectivity index (χ4v) is 1.88. The molecule has 0 unspecified atom stereocenters. The first-order valence-corrected chi connectivity index (χ1v) is 5.79. The summed E-state index contributed by atoms with van der Waals surface area (Å²) in [5.41, 5.74) is 0.886. The van der Waals surface area contributed by atoms with Crippen LogP contribution in [0.15, 0.2) is 41.3 Å². The van der Waals surface area contributed by atoms with Crippen LogP contribution in [-0.2, 0) is 0 Å². The molecule has 0 aliphatic rings. The van der Waals surface area contributed by atoms with E-state index in [2.05, 4.69) is 41.2 Å². The number of benzene rings is 1. The van der Waals surface area contributed by atoms with Crippen molar-refractivity contribution in [3.63, 3.8) is 0 Å². The molecule has 3 rings (SSSR count). The van der Waals surface area contributed by atoms with Gasteiger partial charge < -0.3 is 4.98 Å². The van der Waals surface area contributed by atoms with E-state index >= 15 is 0 Å². The summed E-state index contributed by atoms with van der Waals surface area (Å²) in [6.45, 7) is 0. The Labute approximate surface area is 105 Å². The Morgan fingerprint density at radius 2 is 2.18 bits per heavy atom. The van der Waals surface area contributed by atoms with Crippen molar-refractivity contribution >= 4 is 38.7 Å². The van der Waals surface area contributed by atoms with Crippen LogP contribution in [0.3, 0.4) is 0 Å². The van der Waals surface area contributed by atoms with E-state index in [0.29, 0.717) is 11.9 Å². The number of rotatable bonds is 2. The molecular weight excluding hydrogens is 282 g/mol. The first-order chi connectivity index (χ1) is 8.31. The van der Waals surface area contributed by atoms with E-state index in [0.717, 1.165) is 15.4 Å². The molecular formula is C11H8BrN5. The molecule has 0 saturated heterocycles. The number of anilines is 2. The molecule has 2 aromatic heterocycles. The van der Waals surface area contributed by atoms with Crippen molar-refractivity contribution in [3.8, 4) is 0 Å². The minimum atomic E-state index is 0.523. The Kier molecular flexibility index (Phi) is 2.49. The number of H-pyrrole nitrogens is 1. The van der Waals surface area contributed by atoms with Crippen molar-refractivity contribution in [1.82, 2.24) is 19.9 Å². The van der Waals surface area contributed by atoms with E-state index in [1.54, 1.807) is 18.6 Å². The molecule has 0 atom stereocenters. The lowest BCUT2D eigenvalue weighted by molar-refractivity contribution is 1.17. The number of halogens is 1. The molecule has 0 amide bonds. The maximum Gasteiger partial charge on any atom is 0.230 e. The Hall–Kier alpha value is -1.95. The molecule has 0 bridgehead atoms. The molecule has 0 radical (unpaired) electrons. The van der Waals surface area contributed by atoms with E-state index in [1.807, 2.05) is 18.2 Å². The largest absolute Gasteiger partial charge is 0.331 e. The highest BCUT2D eigenvalue weighted by Gasteiger charge is 2.02. The summed E-state index contributed by atoms with van der Waals surface area (Å²) >= 11 is 3.41. The van der Waals surface area contributed by atoms with Crippen molar-refractivity contribution in [3.05, 3.63) is 41.3 Å². The zero-order valence-corrected chi connectivity index (χ0v) is 10.3. The third kappa shape index (κ3) is 2.12. The fraction of sp³-hybridized carbons (Fsp3) is 0. The molecule has 84 valence electrons. The molecule has 0 aliphatic carbocycles. The number of nitrogens with zero attached hydrogens (tertiary/aromatic N) is 3. The monoisotopic (exact) mass is 289 g/mol. The van der Waals surface area contributed by atoms with Gasteiger partial charge in [-0.25, -0.2) is 15.0 Å². The van der Waals surface area contributed by atoms with E-state index in [-0.39, 0.29) is 0 Å². The van der Waals surface area contributed by atoms with Crippen LogP contribution in [0.4, 0.5) is 11.9 Å². The lowest BCUT2D eigenvalue weighted by Crippen LogP contribution is -1.98. The van der Waals surface area contributed by atoms with Crippen LogP contribution >= 0.6 is 15.9 Å². The number of fused-ring (bicyclic) bond motifs is 1. The summed E-state index contributed by atoms with van der Waals surface area (Å²) in [5, 5.41) is 3.98. The summed E-state index contributed by atoms with van der Waals surface area (Å²) in [6, 6.07) is 5.87. The quantitative estimate of drug-likeness (QED) is 0.761. The standard InChI is InChI=1S/C11H8BrN5/c12-8-1-2-9-7(5-8)6-15-11(16-9)17-10-13-3-4-14-10/h1-6H,(H2,13,14,15,16,17). The summed E-state index contributed by atoms with van der Waals surface area (Å²) in [6.07, 6.45) is 5.18. The molecule has 5 nitrogen and oxygen atoms in total. The minimum absolute atomic E-state index is 0.523. The second-order valence-corrected chi connectivity index (χ2v) is 4.38. The predicted molar refractivity (Wildman–Crippen MR) is 69.1 cm³/mol. The Bertz CT molecular complexity index is 650. The molecule has 2 N–H and O–H groups in total. The average Bonchev–Trinajstić information content (AvgIpc) is 2.82. The first-order valence-electron chi connectivity index (χ1n) is 5.00. The van der Waals surface area contributed by atoms with E-state index in [4.69, 9.17) is 0 Å². The summed E-state index contributed by atoms with van der Waals surface area (Å²) in [7, 11) is 0. The van der Waals surface area contributed by atoms with Gasteiger partial charge in [-0.15, -0.1) is 0 Å². The molecule has 0 saturated carbocycles. The van der Waals surface area contributed by atoms with Gasteiger partial charge in [-0.3, -0.25) is 5.32 Å². The maximum atomic E-state index is 4.39. The fourth-order valence-electron chi connectivity index (χ4n) is 1.50. The molecule has 3 aromatic rings. The third-order valence-electron chi connectivity index (χ3n) is 2.27. The van der Waals surface area contributed by atoms with Crippen molar-refractivity contribution in [1.29, 1.82) is 0 Å². The van der Waals surface area contributed by atoms with Crippen LogP contribution in [0.5, 0.6) is 0 Å². The van der Waals surface area contributed by atoms with Crippen molar-refractivity contribution in [2.45, 2.75) is 0 Å². The second kappa shape index (κ2) is 4.14. The van der Waals surface area contributed by atoms with E-state index < -0.39 is 0 Å². The van der Waals surface area contributed by atoms with Gasteiger partial charge in [0.2, 0.25) is 11.9 Å². The number of hydrogen-bond acceptors (Lipinski definition) is 4. The van der Waals surface area contributed by atoms with Crippen molar-refractivity contribution in [2.24, 2.45) is 0 Å². The summed E-state index contributed by atoms with van der Waals surface area (Å²) in [4.78, 5) is 15.6. The molecule has 6 heteroatoms. The number of aromatic nitrogens is 4. The zero-order valence-electron chi connectivity index (χ0n) is 8.68. The van der Waals surface area contributed by atoms with Gasteiger partial charge in [0, 0.05) is 28.4 Å². The van der Waals surface area contributed by atoms with Crippen LogP contribution in [0.25, 0.3) is 10.9 Å². The number of hydrogen-bond donors (Lipinski definition) is 2. The van der Waals surface area contributed by atoms with Gasteiger partial charge in [0.1, 0.15) is 0 Å². The van der Waals surface area contributed by atoms with E-state index in [9.17, 15) is 0 Å². The zero-order chi connectivity index (χ0) is 11.7. The van der Waals surface area contributed by atoms with Gasteiger partial charge in [-0.05, 0) is 18.2 Å². The minimum Gasteiger partial charge on any atom is -0.331 e. The van der Waals surface area contributed by atoms with Crippen LogP contribution in [0, 0.1) is 0 Å². The van der Waals surface area contributed by atoms with Crippen LogP contribution < -0.4 is 5.32 Å². The van der Waals surface area contributed by atoms with Crippen molar-refractivity contribution in [2.75, 3.05) is 5.32 Å². The smallest absolute Gasteiger partial charge is 0.230 e. The number of nitrogens with one attached hydrogen (secondary N) is 2. The van der Waals surface area contributed by atoms with Crippen LogP contribution in [0.1, 0.15) is 0 Å². The Balaban J connectivity index is 1.99. The van der Waals surface area contributed by atoms with Crippen LogP contribution in [-0.4, -0.2) is 19.9 Å². The lowest BCUT2D eigenvalue weighted by atomic mass is 10.2. The van der Waals surface area contributed by atoms with Gasteiger partial charge in [0.25, 0.3) is 0 Å². The molecule has 0 spiro atoms. The predicted octanol–water partition coefficient (Wildman–Crippen LogP) is 2.86. The molecule has 17 heavy (non-hydrogen) atoms. The number of imidazole rings is 1. The van der Waals surface area contributed by atoms with Crippen molar-refractivity contribution < 1.29 is 0 Å². The molecule has 0 aliphatic heterocycles. The molecule has 1 aromatic carbocycles. The Morgan fingerprint density at radius 3 is 3.00 bits per heavy atom. The van der Waals surface area contributed by atoms with Gasteiger partial charge in [-0.2, -0.15) is 0 Å². The summed E-state index contributed by atoms with van der Waals surface area (Å²) in [5.74, 6) is 1.15. The van der Waals surface area contributed by atoms with Gasteiger partial charge >= 0.3 is 0 Å². The highest BCUT2D eigenvalue weighted by Crippen LogP contribution is 2.19. The average molecular weight is 290 g/mol. The highest BCUT2D eigenvalue weighted by molar-refractivity contribution is 9.10. The van der Waals surface area contributed by atoms with Gasteiger partial charge in [-0.1, -0.05) is 15.9 Å². The SMILES string of the molecule is Brc1ccc2nc(Nc3ncc[nH]3)ncc2c1. The molecule has 2 heterocycles. The molecule has 0 fully saturated rings. The normalized spacial score (nSPS) is 10.6. The Morgan fingerprint density at radius 1 is 1.24 bits per heavy atom. The lowest BCUT2D eigenvalue weighted by Gasteiger charge is -2.02. The second-order valence-electron chi connectivity index (χ2n) is 3.46.